The number of benzene rings is 2. The standard InChI is InChI=1S/C29H36N4O4/c34-25(12-5-2-6-17-30-20-8-3-1-4-9-20)31-18-19-13-14-23-27-21(19)10-7-11-22(27)29(37)33(23)24-15-16-26(35)32-28(24)36/h7,10-11,13-14,20,24,30H,1-6,8-9,12,15-18H2,(H,31,34)(H,32,35,36). The lowest BCUT2D eigenvalue weighted by molar-refractivity contribution is -0.134. The Hall–Kier alpha value is -3.26. The predicted molar refractivity (Wildman–Crippen MR) is 142 cm³/mol. The number of carbonyl (C=O) groups excluding carboxylic acids is 4. The fraction of sp³-hybridized carbons (Fsp3) is 0.517. The van der Waals surface area contributed by atoms with Crippen molar-refractivity contribution in [3.63, 3.8) is 0 Å². The first-order chi connectivity index (χ1) is 18.0. The van der Waals surface area contributed by atoms with E-state index in [0.29, 0.717) is 36.7 Å². The molecule has 1 aliphatic carbocycles. The molecule has 196 valence electrons. The van der Waals surface area contributed by atoms with E-state index in [1.165, 1.54) is 37.0 Å². The van der Waals surface area contributed by atoms with Gasteiger partial charge in [-0.15, -0.1) is 0 Å². The third-order valence-corrected chi connectivity index (χ3v) is 7.93. The molecule has 37 heavy (non-hydrogen) atoms. The minimum absolute atomic E-state index is 0.0322. The highest BCUT2D eigenvalue weighted by molar-refractivity contribution is 6.27. The van der Waals surface area contributed by atoms with Crippen molar-refractivity contribution in [2.45, 2.75) is 89.3 Å². The van der Waals surface area contributed by atoms with Gasteiger partial charge in [0.25, 0.3) is 5.91 Å². The second kappa shape index (κ2) is 11.4. The van der Waals surface area contributed by atoms with E-state index in [4.69, 9.17) is 0 Å². The van der Waals surface area contributed by atoms with Crippen LogP contribution in [0.4, 0.5) is 5.69 Å². The highest BCUT2D eigenvalue weighted by Gasteiger charge is 2.40. The Labute approximate surface area is 217 Å². The predicted octanol–water partition coefficient (Wildman–Crippen LogP) is 3.70. The fourth-order valence-corrected chi connectivity index (χ4v) is 5.94. The monoisotopic (exact) mass is 504 g/mol. The number of piperidine rings is 1. The SMILES string of the molecule is O=C(CCCCCNC1CCCCC1)NCc1ccc2c3c(cccc13)C(=O)N2C1CCC(=O)NC1=O. The summed E-state index contributed by atoms with van der Waals surface area (Å²) in [5, 5.41) is 10.7. The summed E-state index contributed by atoms with van der Waals surface area (Å²) < 4.78 is 0. The summed E-state index contributed by atoms with van der Waals surface area (Å²) in [6, 6.07) is 9.29. The van der Waals surface area contributed by atoms with Crippen LogP contribution < -0.4 is 20.9 Å². The lowest BCUT2D eigenvalue weighted by Gasteiger charge is -2.30. The zero-order valence-corrected chi connectivity index (χ0v) is 21.3. The number of imide groups is 1. The Morgan fingerprint density at radius 1 is 0.973 bits per heavy atom. The number of unbranched alkanes of at least 4 members (excludes halogenated alkanes) is 2. The van der Waals surface area contributed by atoms with Crippen LogP contribution in [0.1, 0.15) is 86.6 Å². The summed E-state index contributed by atoms with van der Waals surface area (Å²) in [5.41, 5.74) is 2.16. The van der Waals surface area contributed by atoms with Crippen molar-refractivity contribution in [3.8, 4) is 0 Å². The van der Waals surface area contributed by atoms with E-state index in [0.717, 1.165) is 42.1 Å². The Balaban J connectivity index is 1.15. The Morgan fingerprint density at radius 2 is 1.81 bits per heavy atom. The van der Waals surface area contributed by atoms with Gasteiger partial charge in [0.2, 0.25) is 17.7 Å². The minimum atomic E-state index is -0.704. The molecule has 1 atom stereocenters. The Kier molecular flexibility index (Phi) is 7.84. The molecule has 0 bridgehead atoms. The van der Waals surface area contributed by atoms with Crippen molar-refractivity contribution in [2.24, 2.45) is 0 Å². The lowest BCUT2D eigenvalue weighted by atomic mass is 9.95. The van der Waals surface area contributed by atoms with Crippen molar-refractivity contribution >= 4 is 40.1 Å². The van der Waals surface area contributed by atoms with Crippen molar-refractivity contribution in [2.75, 3.05) is 11.4 Å². The first-order valence-electron chi connectivity index (χ1n) is 13.7. The first kappa shape index (κ1) is 25.4. The molecule has 2 aromatic carbocycles. The van der Waals surface area contributed by atoms with Gasteiger partial charge in [-0.05, 0) is 61.7 Å². The normalized spacial score (nSPS) is 19.9. The van der Waals surface area contributed by atoms with Gasteiger partial charge in [0.1, 0.15) is 6.04 Å². The maximum absolute atomic E-state index is 13.3. The molecule has 1 saturated carbocycles. The molecule has 2 fully saturated rings. The third kappa shape index (κ3) is 5.54. The maximum Gasteiger partial charge on any atom is 0.259 e. The van der Waals surface area contributed by atoms with Crippen LogP contribution in [0.3, 0.4) is 0 Å². The van der Waals surface area contributed by atoms with E-state index in [1.807, 2.05) is 24.3 Å². The van der Waals surface area contributed by atoms with Gasteiger partial charge >= 0.3 is 0 Å². The van der Waals surface area contributed by atoms with Gasteiger partial charge in [-0.25, -0.2) is 0 Å². The largest absolute Gasteiger partial charge is 0.352 e. The zero-order valence-electron chi connectivity index (χ0n) is 21.3. The van der Waals surface area contributed by atoms with Gasteiger partial charge in [-0.3, -0.25) is 29.4 Å². The van der Waals surface area contributed by atoms with Crippen molar-refractivity contribution < 1.29 is 19.2 Å². The molecule has 8 nitrogen and oxygen atoms in total. The van der Waals surface area contributed by atoms with Crippen molar-refractivity contribution in [1.82, 2.24) is 16.0 Å². The number of amides is 4. The zero-order chi connectivity index (χ0) is 25.8. The molecule has 2 aromatic rings. The van der Waals surface area contributed by atoms with Crippen LogP contribution in [0.15, 0.2) is 30.3 Å². The molecule has 8 heteroatoms. The smallest absolute Gasteiger partial charge is 0.259 e. The molecule has 3 aliphatic rings. The number of nitrogens with zero attached hydrogens (tertiary/aromatic N) is 1. The van der Waals surface area contributed by atoms with Crippen molar-refractivity contribution in [1.29, 1.82) is 0 Å². The fourth-order valence-electron chi connectivity index (χ4n) is 5.94. The lowest BCUT2D eigenvalue weighted by Crippen LogP contribution is -2.53. The number of hydrogen-bond donors (Lipinski definition) is 3. The van der Waals surface area contributed by atoms with E-state index in [1.54, 1.807) is 6.07 Å². The van der Waals surface area contributed by atoms with E-state index in [2.05, 4.69) is 16.0 Å². The molecule has 4 amide bonds. The third-order valence-electron chi connectivity index (χ3n) is 7.93. The van der Waals surface area contributed by atoms with Crippen LogP contribution in [-0.2, 0) is 20.9 Å². The summed E-state index contributed by atoms with van der Waals surface area (Å²) in [5.74, 6) is -0.941. The van der Waals surface area contributed by atoms with Gasteiger partial charge in [-0.2, -0.15) is 0 Å². The Bertz CT molecular complexity index is 1200. The number of rotatable bonds is 10. The van der Waals surface area contributed by atoms with Gasteiger partial charge in [0.05, 0.1) is 5.69 Å². The van der Waals surface area contributed by atoms with Crippen LogP contribution in [0, 0.1) is 0 Å². The highest BCUT2D eigenvalue weighted by Crippen LogP contribution is 2.41. The van der Waals surface area contributed by atoms with Gasteiger partial charge in [-0.1, -0.05) is 43.9 Å². The second-order valence-electron chi connectivity index (χ2n) is 10.5. The average molecular weight is 505 g/mol. The topological polar surface area (TPSA) is 108 Å². The van der Waals surface area contributed by atoms with Crippen LogP contribution in [0.2, 0.25) is 0 Å². The maximum atomic E-state index is 13.3. The number of carbonyl (C=O) groups is 4. The number of anilines is 1. The number of nitrogens with one attached hydrogen (secondary N) is 3. The highest BCUT2D eigenvalue weighted by atomic mass is 16.2. The first-order valence-corrected chi connectivity index (χ1v) is 13.7. The molecule has 1 saturated heterocycles. The molecule has 0 radical (unpaired) electrons. The summed E-state index contributed by atoms with van der Waals surface area (Å²) in [4.78, 5) is 51.3. The van der Waals surface area contributed by atoms with E-state index in [-0.39, 0.29) is 24.1 Å². The molecule has 1 unspecified atom stereocenters. The van der Waals surface area contributed by atoms with Gasteiger partial charge in [0, 0.05) is 36.4 Å². The molecular weight excluding hydrogens is 468 g/mol. The molecule has 2 heterocycles. The van der Waals surface area contributed by atoms with E-state index in [9.17, 15) is 19.2 Å². The summed E-state index contributed by atoms with van der Waals surface area (Å²) in [6.07, 6.45) is 10.7. The number of hydrogen-bond acceptors (Lipinski definition) is 5. The van der Waals surface area contributed by atoms with E-state index < -0.39 is 11.9 Å². The van der Waals surface area contributed by atoms with E-state index >= 15 is 0 Å². The van der Waals surface area contributed by atoms with Crippen molar-refractivity contribution in [3.05, 3.63) is 41.5 Å². The van der Waals surface area contributed by atoms with Gasteiger partial charge < -0.3 is 10.6 Å². The molecule has 0 spiro atoms. The Morgan fingerprint density at radius 3 is 2.62 bits per heavy atom. The second-order valence-corrected chi connectivity index (χ2v) is 10.5. The summed E-state index contributed by atoms with van der Waals surface area (Å²) in [7, 11) is 0. The van der Waals surface area contributed by atoms with Crippen LogP contribution >= 0.6 is 0 Å². The van der Waals surface area contributed by atoms with Crippen LogP contribution in [0.25, 0.3) is 10.8 Å². The molecule has 0 aromatic heterocycles. The van der Waals surface area contributed by atoms with Gasteiger partial charge in [0.15, 0.2) is 0 Å². The minimum Gasteiger partial charge on any atom is -0.352 e. The molecule has 2 aliphatic heterocycles. The summed E-state index contributed by atoms with van der Waals surface area (Å²) in [6.45, 7) is 1.41. The van der Waals surface area contributed by atoms with Crippen LogP contribution in [0.5, 0.6) is 0 Å². The molecule has 5 rings (SSSR count). The quantitative estimate of drug-likeness (QED) is 0.338. The molecule has 3 N–H and O–H groups in total. The average Bonchev–Trinajstić information content (AvgIpc) is 3.19. The molecular formula is C29H36N4O4. The van der Waals surface area contributed by atoms with Crippen LogP contribution in [-0.4, -0.2) is 42.3 Å². The summed E-state index contributed by atoms with van der Waals surface area (Å²) >= 11 is 0.